The van der Waals surface area contributed by atoms with Crippen LogP contribution >= 0.6 is 0 Å². The van der Waals surface area contributed by atoms with Crippen molar-refractivity contribution >= 4 is 23.5 Å². The van der Waals surface area contributed by atoms with Gasteiger partial charge in [0, 0.05) is 11.1 Å². The summed E-state index contributed by atoms with van der Waals surface area (Å²) in [6, 6.07) is 14.3. The Morgan fingerprint density at radius 3 is 2.52 bits per heavy atom. The molecule has 0 amide bonds. The summed E-state index contributed by atoms with van der Waals surface area (Å²) >= 11 is 0. The molecule has 0 saturated carbocycles. The minimum atomic E-state index is -0.612. The lowest BCUT2D eigenvalue weighted by atomic mass is 10.1. The van der Waals surface area contributed by atoms with E-state index in [1.165, 1.54) is 18.7 Å². The maximum Gasteiger partial charge on any atom is 0.357 e. The molecule has 0 aliphatic carbocycles. The molecule has 1 heterocycles. The number of hydrogen-bond acceptors (Lipinski definition) is 7. The summed E-state index contributed by atoms with van der Waals surface area (Å²) in [5.74, 6) is 0.268. The van der Waals surface area contributed by atoms with E-state index in [0.29, 0.717) is 22.7 Å². The molecular weight excluding hydrogens is 372 g/mol. The minimum absolute atomic E-state index is 0.0730. The van der Waals surface area contributed by atoms with Crippen LogP contribution in [-0.2, 0) is 16.1 Å². The second kappa shape index (κ2) is 8.92. The standard InChI is InChI=1S/C21H20N4O4/c1-14(26)17-9-10-20(28-3)18(12-17)13-29-21(27)19(25-15(2)22-23-24-25)11-16-7-5-4-6-8-16/h4-12H,13H2,1-3H3/b19-11-. The van der Waals surface area contributed by atoms with Gasteiger partial charge in [-0.3, -0.25) is 4.79 Å². The average Bonchev–Trinajstić information content (AvgIpc) is 3.16. The molecule has 3 rings (SSSR count). The van der Waals surface area contributed by atoms with Crippen molar-refractivity contribution in [1.29, 1.82) is 0 Å². The van der Waals surface area contributed by atoms with Crippen LogP contribution in [0, 0.1) is 6.92 Å². The van der Waals surface area contributed by atoms with Crippen molar-refractivity contribution in [3.63, 3.8) is 0 Å². The van der Waals surface area contributed by atoms with Gasteiger partial charge in [0.05, 0.1) is 7.11 Å². The van der Waals surface area contributed by atoms with Gasteiger partial charge in [-0.05, 0) is 54.1 Å². The molecule has 29 heavy (non-hydrogen) atoms. The number of methoxy groups -OCH3 is 1. The first-order valence-corrected chi connectivity index (χ1v) is 8.86. The number of aromatic nitrogens is 4. The molecular formula is C21H20N4O4. The zero-order valence-corrected chi connectivity index (χ0v) is 16.3. The fraction of sp³-hybridized carbons (Fsp3) is 0.190. The van der Waals surface area contributed by atoms with Crippen LogP contribution in [0.15, 0.2) is 48.5 Å². The van der Waals surface area contributed by atoms with Gasteiger partial charge in [0.1, 0.15) is 12.4 Å². The molecule has 0 spiro atoms. The van der Waals surface area contributed by atoms with Crippen LogP contribution in [0.4, 0.5) is 0 Å². The second-order valence-corrected chi connectivity index (χ2v) is 6.24. The van der Waals surface area contributed by atoms with Crippen molar-refractivity contribution in [2.75, 3.05) is 7.11 Å². The predicted molar refractivity (Wildman–Crippen MR) is 106 cm³/mol. The number of tetrazole rings is 1. The van der Waals surface area contributed by atoms with E-state index in [0.717, 1.165) is 5.56 Å². The molecule has 0 aliphatic rings. The first-order valence-electron chi connectivity index (χ1n) is 8.86. The van der Waals surface area contributed by atoms with Gasteiger partial charge in [0.2, 0.25) is 0 Å². The van der Waals surface area contributed by atoms with Crippen LogP contribution in [0.3, 0.4) is 0 Å². The number of Topliss-reactive ketones (excluding diaryl/α,β-unsaturated/α-hetero) is 1. The quantitative estimate of drug-likeness (QED) is 0.346. The maximum absolute atomic E-state index is 12.9. The molecule has 8 heteroatoms. The first-order chi connectivity index (χ1) is 14.0. The highest BCUT2D eigenvalue weighted by atomic mass is 16.5. The van der Waals surface area contributed by atoms with Crippen LogP contribution in [-0.4, -0.2) is 39.1 Å². The summed E-state index contributed by atoms with van der Waals surface area (Å²) in [7, 11) is 1.51. The SMILES string of the molecule is COc1ccc(C(C)=O)cc1COC(=O)/C(=C/c1ccccc1)n1nnnc1C. The van der Waals surface area contributed by atoms with Crippen LogP contribution in [0.5, 0.6) is 5.75 Å². The Hall–Kier alpha value is -3.81. The van der Waals surface area contributed by atoms with E-state index in [1.807, 2.05) is 30.3 Å². The molecule has 0 atom stereocenters. The Morgan fingerprint density at radius 1 is 1.14 bits per heavy atom. The fourth-order valence-corrected chi connectivity index (χ4v) is 2.70. The van der Waals surface area contributed by atoms with Gasteiger partial charge in [-0.2, -0.15) is 4.68 Å². The highest BCUT2D eigenvalue weighted by Gasteiger charge is 2.19. The molecule has 2 aromatic carbocycles. The van der Waals surface area contributed by atoms with Crippen LogP contribution in [0.25, 0.3) is 11.8 Å². The highest BCUT2D eigenvalue weighted by molar-refractivity contribution is 6.15. The Kier molecular flexibility index (Phi) is 6.13. The van der Waals surface area contributed by atoms with Crippen molar-refractivity contribution in [3.05, 3.63) is 71.0 Å². The average molecular weight is 392 g/mol. The summed E-state index contributed by atoms with van der Waals surface area (Å²) in [5.41, 5.74) is 2.06. The maximum atomic E-state index is 12.9. The summed E-state index contributed by atoms with van der Waals surface area (Å²) < 4.78 is 12.1. The van der Waals surface area contributed by atoms with E-state index < -0.39 is 5.97 Å². The van der Waals surface area contributed by atoms with Crippen molar-refractivity contribution in [2.45, 2.75) is 20.5 Å². The molecule has 8 nitrogen and oxygen atoms in total. The fourth-order valence-electron chi connectivity index (χ4n) is 2.70. The number of hydrogen-bond donors (Lipinski definition) is 0. The molecule has 0 aliphatic heterocycles. The van der Waals surface area contributed by atoms with Gasteiger partial charge in [0.25, 0.3) is 0 Å². The van der Waals surface area contributed by atoms with Gasteiger partial charge in [-0.1, -0.05) is 30.3 Å². The molecule has 0 saturated heterocycles. The number of aryl methyl sites for hydroxylation is 1. The van der Waals surface area contributed by atoms with Gasteiger partial charge in [-0.15, -0.1) is 5.10 Å². The number of nitrogens with zero attached hydrogens (tertiary/aromatic N) is 4. The number of carbonyl (C=O) groups excluding carboxylic acids is 2. The smallest absolute Gasteiger partial charge is 0.357 e. The summed E-state index contributed by atoms with van der Waals surface area (Å²) in [4.78, 5) is 24.5. The molecule has 0 bridgehead atoms. The van der Waals surface area contributed by atoms with E-state index in [2.05, 4.69) is 15.5 Å². The van der Waals surface area contributed by atoms with E-state index in [9.17, 15) is 9.59 Å². The second-order valence-electron chi connectivity index (χ2n) is 6.24. The van der Waals surface area contributed by atoms with Gasteiger partial charge in [-0.25, -0.2) is 4.79 Å². The number of esters is 1. The van der Waals surface area contributed by atoms with Gasteiger partial charge in [0.15, 0.2) is 17.3 Å². The van der Waals surface area contributed by atoms with Crippen molar-refractivity contribution in [3.8, 4) is 5.75 Å². The third-order valence-electron chi connectivity index (χ3n) is 4.21. The van der Waals surface area contributed by atoms with Gasteiger partial charge >= 0.3 is 5.97 Å². The molecule has 0 radical (unpaired) electrons. The number of rotatable bonds is 7. The van der Waals surface area contributed by atoms with Crippen LogP contribution < -0.4 is 4.74 Å². The van der Waals surface area contributed by atoms with Crippen LogP contribution in [0.2, 0.25) is 0 Å². The van der Waals surface area contributed by atoms with E-state index >= 15 is 0 Å². The Labute approximate surface area is 167 Å². The van der Waals surface area contributed by atoms with E-state index in [-0.39, 0.29) is 18.1 Å². The minimum Gasteiger partial charge on any atom is -0.496 e. The zero-order valence-electron chi connectivity index (χ0n) is 16.3. The molecule has 0 N–H and O–H groups in total. The number of carbonyl (C=O) groups is 2. The van der Waals surface area contributed by atoms with Gasteiger partial charge < -0.3 is 9.47 Å². The first kappa shape index (κ1) is 19.9. The number of benzene rings is 2. The van der Waals surface area contributed by atoms with Crippen molar-refractivity contribution in [2.24, 2.45) is 0 Å². The van der Waals surface area contributed by atoms with E-state index in [1.54, 1.807) is 31.2 Å². The Bertz CT molecular complexity index is 1060. The summed E-state index contributed by atoms with van der Waals surface area (Å²) in [6.07, 6.45) is 1.65. The largest absolute Gasteiger partial charge is 0.496 e. The third-order valence-corrected chi connectivity index (χ3v) is 4.21. The summed E-state index contributed by atoms with van der Waals surface area (Å²) in [6.45, 7) is 3.08. The predicted octanol–water partition coefficient (Wildman–Crippen LogP) is 2.93. The van der Waals surface area contributed by atoms with Crippen molar-refractivity contribution in [1.82, 2.24) is 20.2 Å². The highest BCUT2D eigenvalue weighted by Crippen LogP contribution is 2.22. The third kappa shape index (κ3) is 4.73. The zero-order chi connectivity index (χ0) is 20.8. The Balaban J connectivity index is 1.89. The van der Waals surface area contributed by atoms with E-state index in [4.69, 9.17) is 9.47 Å². The lowest BCUT2D eigenvalue weighted by Crippen LogP contribution is -2.15. The lowest BCUT2D eigenvalue weighted by Gasteiger charge is -2.12. The molecule has 0 unspecified atom stereocenters. The van der Waals surface area contributed by atoms with Crippen molar-refractivity contribution < 1.29 is 19.1 Å². The molecule has 0 fully saturated rings. The lowest BCUT2D eigenvalue weighted by molar-refractivity contribution is -0.138. The topological polar surface area (TPSA) is 96.2 Å². The number of ether oxygens (including phenoxy) is 2. The molecule has 148 valence electrons. The van der Waals surface area contributed by atoms with Crippen LogP contribution in [0.1, 0.15) is 34.2 Å². The normalized spacial score (nSPS) is 11.2. The Morgan fingerprint density at radius 2 is 1.90 bits per heavy atom. The molecule has 1 aromatic heterocycles. The number of ketones is 1. The summed E-state index contributed by atoms with van der Waals surface area (Å²) in [5, 5.41) is 11.3. The monoisotopic (exact) mass is 392 g/mol. The molecule has 3 aromatic rings.